The van der Waals surface area contributed by atoms with Gasteiger partial charge in [-0.25, -0.2) is 0 Å². The SMILES string of the molecule is CCc1ccc(C(N)CC(=O)Oc2ccccc2NC(N)=Nc2ccc(-c3ccccc3)nn2)cc1. The van der Waals surface area contributed by atoms with Crippen molar-refractivity contribution in [2.75, 3.05) is 5.32 Å². The summed E-state index contributed by atoms with van der Waals surface area (Å²) in [5.74, 6) is 0.288. The minimum Gasteiger partial charge on any atom is -0.424 e. The molecule has 0 radical (unpaired) electrons. The lowest BCUT2D eigenvalue weighted by Gasteiger charge is -2.14. The fraction of sp³-hybridized carbons (Fsp3) is 0.143. The number of hydrogen-bond acceptors (Lipinski definition) is 6. The maximum Gasteiger partial charge on any atom is 0.313 e. The number of anilines is 1. The molecule has 1 atom stereocenters. The van der Waals surface area contributed by atoms with Crippen LogP contribution in [0.2, 0.25) is 0 Å². The van der Waals surface area contributed by atoms with E-state index in [0.29, 0.717) is 17.3 Å². The number of nitrogens with one attached hydrogen (secondary N) is 1. The van der Waals surface area contributed by atoms with Gasteiger partial charge in [-0.2, -0.15) is 4.99 Å². The normalized spacial score (nSPS) is 12.1. The Morgan fingerprint density at radius 2 is 1.67 bits per heavy atom. The Morgan fingerprint density at radius 3 is 2.36 bits per heavy atom. The van der Waals surface area contributed by atoms with Crippen LogP contribution in [0.3, 0.4) is 0 Å². The van der Waals surface area contributed by atoms with Gasteiger partial charge in [0.05, 0.1) is 17.8 Å². The van der Waals surface area contributed by atoms with Crippen LogP contribution in [0.15, 0.2) is 96.0 Å². The molecule has 0 saturated heterocycles. The lowest BCUT2D eigenvalue weighted by Crippen LogP contribution is -2.23. The van der Waals surface area contributed by atoms with Crippen molar-refractivity contribution in [2.45, 2.75) is 25.8 Å². The fourth-order valence-corrected chi connectivity index (χ4v) is 3.56. The van der Waals surface area contributed by atoms with Gasteiger partial charge < -0.3 is 21.5 Å². The van der Waals surface area contributed by atoms with Crippen molar-refractivity contribution in [1.82, 2.24) is 10.2 Å². The summed E-state index contributed by atoms with van der Waals surface area (Å²) in [4.78, 5) is 16.8. The van der Waals surface area contributed by atoms with Crippen LogP contribution in [-0.2, 0) is 11.2 Å². The number of carbonyl (C=O) groups excluding carboxylic acids is 1. The van der Waals surface area contributed by atoms with Crippen LogP contribution in [0.1, 0.15) is 30.5 Å². The second-order valence-corrected chi connectivity index (χ2v) is 8.14. The first-order valence-corrected chi connectivity index (χ1v) is 11.7. The van der Waals surface area contributed by atoms with E-state index < -0.39 is 12.0 Å². The predicted octanol–water partition coefficient (Wildman–Crippen LogP) is 4.76. The molecule has 5 N–H and O–H groups in total. The Morgan fingerprint density at radius 1 is 0.944 bits per heavy atom. The summed E-state index contributed by atoms with van der Waals surface area (Å²) in [5, 5.41) is 11.3. The summed E-state index contributed by atoms with van der Waals surface area (Å²) < 4.78 is 5.58. The standard InChI is InChI=1S/C28H28N6O2/c1-2-19-12-14-20(15-13-19)22(29)18-27(35)36-25-11-7-6-10-24(25)31-28(30)32-26-17-16-23(33-34-26)21-8-4-3-5-9-21/h3-17,22H,2,18,29H2,1H3,(H3,30,31,32,34). The van der Waals surface area contributed by atoms with Crippen molar-refractivity contribution < 1.29 is 9.53 Å². The van der Waals surface area contributed by atoms with Crippen molar-refractivity contribution in [1.29, 1.82) is 0 Å². The van der Waals surface area contributed by atoms with E-state index in [-0.39, 0.29) is 12.4 Å². The van der Waals surface area contributed by atoms with Gasteiger partial charge in [0, 0.05) is 11.6 Å². The fourth-order valence-electron chi connectivity index (χ4n) is 3.56. The number of hydrogen-bond donors (Lipinski definition) is 3. The highest BCUT2D eigenvalue weighted by atomic mass is 16.5. The molecule has 1 heterocycles. The Labute approximate surface area is 210 Å². The van der Waals surface area contributed by atoms with Gasteiger partial charge in [0.2, 0.25) is 0 Å². The summed E-state index contributed by atoms with van der Waals surface area (Å²) in [6.07, 6.45) is 0.978. The molecule has 4 aromatic rings. The van der Waals surface area contributed by atoms with Crippen LogP contribution in [0.5, 0.6) is 5.75 Å². The number of esters is 1. The van der Waals surface area contributed by atoms with Crippen LogP contribution >= 0.6 is 0 Å². The molecule has 0 fully saturated rings. The van der Waals surface area contributed by atoms with Crippen molar-refractivity contribution in [3.05, 3.63) is 102 Å². The number of rotatable bonds is 8. The number of benzene rings is 3. The Hall–Kier alpha value is -4.56. The Kier molecular flexibility index (Phi) is 8.00. The van der Waals surface area contributed by atoms with E-state index in [0.717, 1.165) is 23.2 Å². The predicted molar refractivity (Wildman–Crippen MR) is 142 cm³/mol. The van der Waals surface area contributed by atoms with Gasteiger partial charge in [0.25, 0.3) is 0 Å². The van der Waals surface area contributed by atoms with E-state index in [1.807, 2.05) is 60.7 Å². The highest BCUT2D eigenvalue weighted by molar-refractivity contribution is 5.95. The van der Waals surface area contributed by atoms with Crippen LogP contribution in [0, 0.1) is 0 Å². The van der Waals surface area contributed by atoms with Crippen LogP contribution < -0.4 is 21.5 Å². The molecule has 0 aliphatic heterocycles. The summed E-state index contributed by atoms with van der Waals surface area (Å²) in [6, 6.07) is 27.7. The minimum atomic E-state index is -0.465. The third-order valence-corrected chi connectivity index (χ3v) is 5.53. The number of aryl methyl sites for hydroxylation is 1. The van der Waals surface area contributed by atoms with E-state index >= 15 is 0 Å². The number of ether oxygens (including phenoxy) is 1. The van der Waals surface area contributed by atoms with Gasteiger partial charge in [-0.05, 0) is 41.8 Å². The number of guanidine groups is 1. The molecular formula is C28H28N6O2. The number of nitrogens with two attached hydrogens (primary N) is 2. The molecule has 182 valence electrons. The maximum absolute atomic E-state index is 12.6. The largest absolute Gasteiger partial charge is 0.424 e. The lowest BCUT2D eigenvalue weighted by atomic mass is 10.0. The van der Waals surface area contributed by atoms with Crippen molar-refractivity contribution >= 4 is 23.4 Å². The molecule has 0 spiro atoms. The van der Waals surface area contributed by atoms with Gasteiger partial charge in [-0.3, -0.25) is 4.79 Å². The lowest BCUT2D eigenvalue weighted by molar-refractivity contribution is -0.134. The summed E-state index contributed by atoms with van der Waals surface area (Å²) in [6.45, 7) is 2.09. The molecule has 1 unspecified atom stereocenters. The highest BCUT2D eigenvalue weighted by Crippen LogP contribution is 2.25. The molecule has 4 rings (SSSR count). The number of para-hydroxylation sites is 2. The Bertz CT molecular complexity index is 1320. The van der Waals surface area contributed by atoms with Crippen LogP contribution in [0.4, 0.5) is 11.5 Å². The molecule has 1 aromatic heterocycles. The quantitative estimate of drug-likeness (QED) is 0.143. The second-order valence-electron chi connectivity index (χ2n) is 8.14. The number of carbonyl (C=O) groups is 1. The minimum absolute atomic E-state index is 0.0345. The number of aliphatic imine (C=N–C) groups is 1. The molecule has 0 aliphatic carbocycles. The maximum atomic E-state index is 12.6. The van der Waals surface area contributed by atoms with Gasteiger partial charge in [-0.1, -0.05) is 73.7 Å². The summed E-state index contributed by atoms with van der Waals surface area (Å²) in [5.41, 5.74) is 16.6. The molecule has 8 heteroatoms. The molecule has 8 nitrogen and oxygen atoms in total. The van der Waals surface area contributed by atoms with Crippen molar-refractivity contribution in [3.63, 3.8) is 0 Å². The molecule has 0 saturated carbocycles. The van der Waals surface area contributed by atoms with Crippen LogP contribution in [-0.4, -0.2) is 22.1 Å². The smallest absolute Gasteiger partial charge is 0.313 e. The first kappa shape index (κ1) is 24.6. The summed E-state index contributed by atoms with van der Waals surface area (Å²) >= 11 is 0. The average molecular weight is 481 g/mol. The monoisotopic (exact) mass is 480 g/mol. The van der Waals surface area contributed by atoms with E-state index in [1.165, 1.54) is 5.56 Å². The first-order chi connectivity index (χ1) is 17.5. The zero-order valence-corrected chi connectivity index (χ0v) is 20.0. The van der Waals surface area contributed by atoms with E-state index in [4.69, 9.17) is 16.2 Å². The molecule has 36 heavy (non-hydrogen) atoms. The van der Waals surface area contributed by atoms with Crippen molar-refractivity contribution in [3.8, 4) is 17.0 Å². The van der Waals surface area contributed by atoms with E-state index in [1.54, 1.807) is 30.3 Å². The van der Waals surface area contributed by atoms with Gasteiger partial charge >= 0.3 is 5.97 Å². The second kappa shape index (κ2) is 11.7. The summed E-state index contributed by atoms with van der Waals surface area (Å²) in [7, 11) is 0. The van der Waals surface area contributed by atoms with E-state index in [2.05, 4.69) is 27.4 Å². The van der Waals surface area contributed by atoms with Crippen molar-refractivity contribution in [2.24, 2.45) is 16.5 Å². The first-order valence-electron chi connectivity index (χ1n) is 11.7. The zero-order valence-electron chi connectivity index (χ0n) is 20.0. The molecular weight excluding hydrogens is 452 g/mol. The van der Waals surface area contributed by atoms with Gasteiger partial charge in [-0.15, -0.1) is 10.2 Å². The molecule has 0 amide bonds. The topological polar surface area (TPSA) is 129 Å². The molecule has 3 aromatic carbocycles. The average Bonchev–Trinajstić information content (AvgIpc) is 2.90. The number of aromatic nitrogens is 2. The third-order valence-electron chi connectivity index (χ3n) is 5.53. The molecule has 0 aliphatic rings. The number of nitrogens with zero attached hydrogens (tertiary/aromatic N) is 3. The van der Waals surface area contributed by atoms with E-state index in [9.17, 15) is 4.79 Å². The Balaban J connectivity index is 1.39. The molecule has 0 bridgehead atoms. The highest BCUT2D eigenvalue weighted by Gasteiger charge is 2.15. The third kappa shape index (κ3) is 6.52. The zero-order chi connectivity index (χ0) is 25.3. The van der Waals surface area contributed by atoms with Gasteiger partial charge in [0.15, 0.2) is 17.5 Å². The van der Waals surface area contributed by atoms with Crippen LogP contribution in [0.25, 0.3) is 11.3 Å². The van der Waals surface area contributed by atoms with Gasteiger partial charge in [0.1, 0.15) is 0 Å².